The van der Waals surface area contributed by atoms with Crippen molar-refractivity contribution in [2.24, 2.45) is 17.3 Å². The highest BCUT2D eigenvalue weighted by molar-refractivity contribution is 7.89. The maximum Gasteiger partial charge on any atom is 0.243 e. The van der Waals surface area contributed by atoms with Crippen LogP contribution in [0.3, 0.4) is 0 Å². The normalized spacial score (nSPS) is 25.3. The molecule has 2 heterocycles. The highest BCUT2D eigenvalue weighted by Crippen LogP contribution is 2.46. The minimum atomic E-state index is -3.63. The predicted molar refractivity (Wildman–Crippen MR) is 106 cm³/mol. The Labute approximate surface area is 172 Å². The molecule has 1 aromatic carbocycles. The molecule has 3 aliphatic rings. The van der Waals surface area contributed by atoms with E-state index < -0.39 is 10.0 Å². The fraction of sp³-hybridized carbons (Fsp3) is 0.700. The monoisotopic (exact) mass is 429 g/mol. The van der Waals surface area contributed by atoms with Gasteiger partial charge in [0, 0.05) is 38.8 Å². The van der Waals surface area contributed by atoms with E-state index in [1.165, 1.54) is 26.0 Å². The Kier molecular flexibility index (Phi) is 5.91. The largest absolute Gasteiger partial charge is 0.495 e. The summed E-state index contributed by atoms with van der Waals surface area (Å²) >= 11 is 6.17. The third-order valence-electron chi connectivity index (χ3n) is 6.40. The van der Waals surface area contributed by atoms with Gasteiger partial charge in [-0.2, -0.15) is 4.31 Å². The van der Waals surface area contributed by atoms with E-state index in [0.29, 0.717) is 49.6 Å². The smallest absolute Gasteiger partial charge is 0.243 e. The van der Waals surface area contributed by atoms with Crippen molar-refractivity contribution in [2.45, 2.75) is 30.6 Å². The Bertz CT molecular complexity index is 805. The maximum absolute atomic E-state index is 13.3. The molecule has 2 aliphatic heterocycles. The zero-order chi connectivity index (χ0) is 19.8. The number of halogens is 1. The van der Waals surface area contributed by atoms with Crippen molar-refractivity contribution in [2.75, 3.05) is 46.6 Å². The van der Waals surface area contributed by atoms with Gasteiger partial charge in [-0.25, -0.2) is 8.42 Å². The topological polar surface area (TPSA) is 65.1 Å². The summed E-state index contributed by atoms with van der Waals surface area (Å²) in [6.45, 7) is 3.77. The van der Waals surface area contributed by atoms with Gasteiger partial charge in [0.1, 0.15) is 5.75 Å². The molecule has 1 atom stereocenters. The molecule has 0 amide bonds. The zero-order valence-corrected chi connectivity index (χ0v) is 17.8. The van der Waals surface area contributed by atoms with Crippen molar-refractivity contribution < 1.29 is 22.6 Å². The van der Waals surface area contributed by atoms with Crippen molar-refractivity contribution in [3.63, 3.8) is 0 Å². The first-order valence-electron chi connectivity index (χ1n) is 9.94. The SMILES string of the molecule is COc1ccc(S(=O)(=O)N2CC(COCC3CC3)C3(CCOCC3)C2)cc1Cl. The molecule has 1 aliphatic carbocycles. The van der Waals surface area contributed by atoms with Crippen LogP contribution in [0.15, 0.2) is 23.1 Å². The Morgan fingerprint density at radius 1 is 1.25 bits per heavy atom. The molecule has 8 heteroatoms. The molecule has 156 valence electrons. The van der Waals surface area contributed by atoms with Crippen molar-refractivity contribution in [3.05, 3.63) is 23.2 Å². The molecule has 0 bridgehead atoms. The Hall–Kier alpha value is -0.860. The van der Waals surface area contributed by atoms with Crippen LogP contribution >= 0.6 is 11.6 Å². The van der Waals surface area contributed by atoms with Crippen LogP contribution in [0, 0.1) is 17.3 Å². The van der Waals surface area contributed by atoms with Gasteiger partial charge in [-0.1, -0.05) is 11.6 Å². The van der Waals surface area contributed by atoms with Gasteiger partial charge in [0.05, 0.1) is 23.6 Å². The highest BCUT2D eigenvalue weighted by Gasteiger charge is 2.50. The van der Waals surface area contributed by atoms with Gasteiger partial charge < -0.3 is 14.2 Å². The van der Waals surface area contributed by atoms with Crippen LogP contribution in [0.4, 0.5) is 0 Å². The van der Waals surface area contributed by atoms with E-state index in [2.05, 4.69) is 0 Å². The lowest BCUT2D eigenvalue weighted by atomic mass is 9.72. The van der Waals surface area contributed by atoms with E-state index in [4.69, 9.17) is 25.8 Å². The van der Waals surface area contributed by atoms with E-state index in [1.54, 1.807) is 16.4 Å². The average molecular weight is 430 g/mol. The van der Waals surface area contributed by atoms with E-state index >= 15 is 0 Å². The highest BCUT2D eigenvalue weighted by atomic mass is 35.5. The minimum absolute atomic E-state index is 0.0643. The summed E-state index contributed by atoms with van der Waals surface area (Å²) in [5, 5.41) is 0.299. The van der Waals surface area contributed by atoms with Gasteiger partial charge in [-0.3, -0.25) is 0 Å². The molecule has 0 radical (unpaired) electrons. The molecule has 0 N–H and O–H groups in total. The molecule has 1 saturated carbocycles. The first-order chi connectivity index (χ1) is 13.4. The number of methoxy groups -OCH3 is 1. The molecular weight excluding hydrogens is 402 g/mol. The molecule has 3 fully saturated rings. The van der Waals surface area contributed by atoms with E-state index in [-0.39, 0.29) is 16.2 Å². The summed E-state index contributed by atoms with van der Waals surface area (Å²) in [6, 6.07) is 4.64. The number of benzene rings is 1. The van der Waals surface area contributed by atoms with Crippen molar-refractivity contribution in [3.8, 4) is 5.75 Å². The van der Waals surface area contributed by atoms with Crippen molar-refractivity contribution >= 4 is 21.6 Å². The molecule has 2 saturated heterocycles. The lowest BCUT2D eigenvalue weighted by Crippen LogP contribution is -2.39. The Balaban J connectivity index is 1.53. The third-order valence-corrected chi connectivity index (χ3v) is 8.50. The second kappa shape index (κ2) is 8.11. The van der Waals surface area contributed by atoms with E-state index in [1.807, 2.05) is 0 Å². The molecule has 28 heavy (non-hydrogen) atoms. The number of ether oxygens (including phenoxy) is 3. The lowest BCUT2D eigenvalue weighted by molar-refractivity contribution is -0.0241. The summed E-state index contributed by atoms with van der Waals surface area (Å²) in [6.07, 6.45) is 4.25. The van der Waals surface area contributed by atoms with Gasteiger partial charge in [0.2, 0.25) is 10.0 Å². The van der Waals surface area contributed by atoms with Crippen LogP contribution in [-0.4, -0.2) is 59.3 Å². The molecule has 4 rings (SSSR count). The van der Waals surface area contributed by atoms with E-state index in [9.17, 15) is 8.42 Å². The van der Waals surface area contributed by atoms with Crippen molar-refractivity contribution in [1.82, 2.24) is 4.31 Å². The van der Waals surface area contributed by atoms with Gasteiger partial charge >= 0.3 is 0 Å². The first kappa shape index (κ1) is 20.4. The van der Waals surface area contributed by atoms with Crippen LogP contribution in [0.2, 0.25) is 5.02 Å². The van der Waals surface area contributed by atoms with Gasteiger partial charge in [0.15, 0.2) is 0 Å². The summed E-state index contributed by atoms with van der Waals surface area (Å²) in [5.41, 5.74) is -0.0643. The number of sulfonamides is 1. The van der Waals surface area contributed by atoms with E-state index in [0.717, 1.165) is 19.4 Å². The summed E-state index contributed by atoms with van der Waals surface area (Å²) in [7, 11) is -2.12. The molecule has 1 unspecified atom stereocenters. The van der Waals surface area contributed by atoms with Crippen LogP contribution in [0.5, 0.6) is 5.75 Å². The molecule has 0 aromatic heterocycles. The first-order valence-corrected chi connectivity index (χ1v) is 11.8. The second-order valence-electron chi connectivity index (χ2n) is 8.25. The Morgan fingerprint density at radius 3 is 2.64 bits per heavy atom. The number of hydrogen-bond donors (Lipinski definition) is 0. The van der Waals surface area contributed by atoms with Crippen LogP contribution in [-0.2, 0) is 19.5 Å². The number of nitrogens with zero attached hydrogens (tertiary/aromatic N) is 1. The van der Waals surface area contributed by atoms with Gasteiger partial charge in [0.25, 0.3) is 0 Å². The van der Waals surface area contributed by atoms with Crippen LogP contribution in [0.1, 0.15) is 25.7 Å². The molecule has 6 nitrogen and oxygen atoms in total. The van der Waals surface area contributed by atoms with Gasteiger partial charge in [-0.15, -0.1) is 0 Å². The maximum atomic E-state index is 13.3. The lowest BCUT2D eigenvalue weighted by Gasteiger charge is -2.38. The molecule has 1 spiro atoms. The average Bonchev–Trinajstić information content (AvgIpc) is 3.45. The van der Waals surface area contributed by atoms with Gasteiger partial charge in [-0.05, 0) is 55.2 Å². The summed E-state index contributed by atoms with van der Waals surface area (Å²) in [4.78, 5) is 0.208. The number of hydrogen-bond acceptors (Lipinski definition) is 5. The Morgan fingerprint density at radius 2 is 2.00 bits per heavy atom. The fourth-order valence-electron chi connectivity index (χ4n) is 4.36. The quantitative estimate of drug-likeness (QED) is 0.666. The fourth-order valence-corrected chi connectivity index (χ4v) is 6.29. The minimum Gasteiger partial charge on any atom is -0.495 e. The molecular formula is C20H28ClNO5S. The van der Waals surface area contributed by atoms with Crippen LogP contribution in [0.25, 0.3) is 0 Å². The predicted octanol–water partition coefficient (Wildman–Crippen LogP) is 3.19. The third kappa shape index (κ3) is 4.05. The number of rotatable bonds is 7. The zero-order valence-electron chi connectivity index (χ0n) is 16.2. The summed E-state index contributed by atoms with van der Waals surface area (Å²) in [5.74, 6) is 1.36. The summed E-state index contributed by atoms with van der Waals surface area (Å²) < 4.78 is 44.9. The van der Waals surface area contributed by atoms with Crippen LogP contribution < -0.4 is 4.74 Å². The van der Waals surface area contributed by atoms with Crippen molar-refractivity contribution in [1.29, 1.82) is 0 Å². The second-order valence-corrected chi connectivity index (χ2v) is 10.6. The molecule has 1 aromatic rings. The standard InChI is InChI=1S/C20H28ClNO5S/c1-25-19-5-4-17(10-18(19)21)28(23,24)22-11-16(13-27-12-15-2-3-15)20(14-22)6-8-26-9-7-20/h4-5,10,15-16H,2-3,6-9,11-14H2,1H3.